The summed E-state index contributed by atoms with van der Waals surface area (Å²) in [5.74, 6) is -1.76. The fourth-order valence-corrected chi connectivity index (χ4v) is 2.89. The van der Waals surface area contributed by atoms with E-state index in [0.717, 1.165) is 12.1 Å². The van der Waals surface area contributed by atoms with Gasteiger partial charge in [-0.15, -0.1) is 0 Å². The summed E-state index contributed by atoms with van der Waals surface area (Å²) in [7, 11) is -4.02. The quantitative estimate of drug-likeness (QED) is 0.898. The molecular weight excluding hydrogens is 288 g/mol. The summed E-state index contributed by atoms with van der Waals surface area (Å²) in [6.07, 6.45) is 1.41. The van der Waals surface area contributed by atoms with Crippen molar-refractivity contribution in [3.8, 4) is 0 Å². The third kappa shape index (κ3) is 3.09. The van der Waals surface area contributed by atoms with Gasteiger partial charge in [0.1, 0.15) is 16.5 Å². The van der Waals surface area contributed by atoms with Gasteiger partial charge in [-0.1, -0.05) is 0 Å². The lowest BCUT2D eigenvalue weighted by molar-refractivity contribution is 0.584. The van der Waals surface area contributed by atoms with Crippen LogP contribution in [-0.4, -0.2) is 13.4 Å². The van der Waals surface area contributed by atoms with E-state index >= 15 is 0 Å². The first kappa shape index (κ1) is 14.4. The van der Waals surface area contributed by atoms with Gasteiger partial charge in [-0.05, 0) is 24.3 Å². The molecule has 0 spiro atoms. The molecule has 0 radical (unpaired) electrons. The van der Waals surface area contributed by atoms with Crippen molar-refractivity contribution < 1.29 is 17.2 Å². The van der Waals surface area contributed by atoms with Gasteiger partial charge in [0, 0.05) is 18.8 Å². The van der Waals surface area contributed by atoms with Crippen molar-refractivity contribution in [3.63, 3.8) is 0 Å². The molecule has 1 aromatic heterocycles. The highest BCUT2D eigenvalue weighted by Gasteiger charge is 2.19. The first-order valence-corrected chi connectivity index (χ1v) is 7.03. The standard InChI is InChI=1S/C12H11F2N3O2S/c13-8-4-9(14)6-10(5-8)17-20(18,19)12-2-1-3-16-11(12)7-15/h1-6,17H,7,15H2. The number of anilines is 1. The smallest absolute Gasteiger partial charge is 0.263 e. The first-order valence-electron chi connectivity index (χ1n) is 5.55. The van der Waals surface area contributed by atoms with E-state index in [1.807, 2.05) is 0 Å². The van der Waals surface area contributed by atoms with Gasteiger partial charge in [-0.3, -0.25) is 9.71 Å². The lowest BCUT2D eigenvalue weighted by Gasteiger charge is -2.10. The molecular formula is C12H11F2N3O2S. The molecule has 2 rings (SSSR count). The van der Waals surface area contributed by atoms with Gasteiger partial charge < -0.3 is 5.73 Å². The van der Waals surface area contributed by atoms with Crippen LogP contribution in [0, 0.1) is 11.6 Å². The summed E-state index contributed by atoms with van der Waals surface area (Å²) < 4.78 is 52.5. The van der Waals surface area contributed by atoms with Crippen LogP contribution in [0.2, 0.25) is 0 Å². The van der Waals surface area contributed by atoms with Crippen LogP contribution in [-0.2, 0) is 16.6 Å². The maximum absolute atomic E-state index is 13.0. The molecule has 0 saturated carbocycles. The average Bonchev–Trinajstić information content (AvgIpc) is 2.36. The lowest BCUT2D eigenvalue weighted by atomic mass is 10.3. The number of hydrogen-bond acceptors (Lipinski definition) is 4. The Labute approximate surface area is 114 Å². The van der Waals surface area contributed by atoms with E-state index in [9.17, 15) is 17.2 Å². The van der Waals surface area contributed by atoms with Gasteiger partial charge in [0.15, 0.2) is 0 Å². The molecule has 8 heteroatoms. The van der Waals surface area contributed by atoms with Crippen molar-refractivity contribution in [2.75, 3.05) is 4.72 Å². The maximum atomic E-state index is 13.0. The van der Waals surface area contributed by atoms with Gasteiger partial charge in [-0.2, -0.15) is 0 Å². The van der Waals surface area contributed by atoms with Crippen LogP contribution in [0.25, 0.3) is 0 Å². The summed E-state index contributed by atoms with van der Waals surface area (Å²) in [5, 5.41) is 0. The number of pyridine rings is 1. The third-order valence-electron chi connectivity index (χ3n) is 2.45. The second-order valence-corrected chi connectivity index (χ2v) is 5.57. The van der Waals surface area contributed by atoms with Crippen molar-refractivity contribution in [2.24, 2.45) is 5.73 Å². The molecule has 0 unspecified atom stereocenters. The van der Waals surface area contributed by atoms with Crippen molar-refractivity contribution >= 4 is 15.7 Å². The minimum atomic E-state index is -4.02. The zero-order valence-corrected chi connectivity index (χ0v) is 11.0. The summed E-state index contributed by atoms with van der Waals surface area (Å²) in [6, 6.07) is 5.14. The van der Waals surface area contributed by atoms with E-state index in [4.69, 9.17) is 5.73 Å². The van der Waals surface area contributed by atoms with Gasteiger partial charge in [0.2, 0.25) is 0 Å². The van der Waals surface area contributed by atoms with Gasteiger partial charge in [0.25, 0.3) is 10.0 Å². The highest BCUT2D eigenvalue weighted by Crippen LogP contribution is 2.19. The second-order valence-electron chi connectivity index (χ2n) is 3.92. The largest absolute Gasteiger partial charge is 0.325 e. The fraction of sp³-hybridized carbons (Fsp3) is 0.0833. The third-order valence-corrected chi connectivity index (χ3v) is 3.90. The van der Waals surface area contributed by atoms with Crippen LogP contribution in [0.15, 0.2) is 41.4 Å². The normalized spacial score (nSPS) is 11.3. The van der Waals surface area contributed by atoms with Crippen molar-refractivity contribution in [1.82, 2.24) is 4.98 Å². The zero-order valence-electron chi connectivity index (χ0n) is 10.2. The van der Waals surface area contributed by atoms with E-state index in [1.54, 1.807) is 0 Å². The monoisotopic (exact) mass is 299 g/mol. The summed E-state index contributed by atoms with van der Waals surface area (Å²) in [6.45, 7) is -0.0748. The van der Waals surface area contributed by atoms with Crippen LogP contribution in [0.3, 0.4) is 0 Å². The minimum Gasteiger partial charge on any atom is -0.325 e. The van der Waals surface area contributed by atoms with Crippen LogP contribution >= 0.6 is 0 Å². The maximum Gasteiger partial charge on any atom is 0.263 e. The molecule has 5 nitrogen and oxygen atoms in total. The van der Waals surface area contributed by atoms with Gasteiger partial charge >= 0.3 is 0 Å². The van der Waals surface area contributed by atoms with Gasteiger partial charge in [-0.25, -0.2) is 17.2 Å². The Morgan fingerprint density at radius 1 is 1.20 bits per heavy atom. The Kier molecular flexibility index (Phi) is 3.96. The molecule has 0 atom stereocenters. The first-order chi connectivity index (χ1) is 9.42. The summed E-state index contributed by atoms with van der Waals surface area (Å²) in [5.41, 5.74) is 5.36. The van der Waals surface area contributed by atoms with E-state index < -0.39 is 21.7 Å². The molecule has 0 amide bonds. The number of nitrogens with two attached hydrogens (primary N) is 1. The molecule has 1 heterocycles. The van der Waals surface area contributed by atoms with Crippen LogP contribution in [0.1, 0.15) is 5.69 Å². The van der Waals surface area contributed by atoms with Gasteiger partial charge in [0.05, 0.1) is 11.4 Å². The topological polar surface area (TPSA) is 85.1 Å². The number of aromatic nitrogens is 1. The number of hydrogen-bond donors (Lipinski definition) is 2. The molecule has 2 aromatic rings. The predicted molar refractivity (Wildman–Crippen MR) is 69.3 cm³/mol. The van der Waals surface area contributed by atoms with E-state index in [2.05, 4.69) is 9.71 Å². The number of nitrogens with zero attached hydrogens (tertiary/aromatic N) is 1. The Balaban J connectivity index is 2.41. The summed E-state index contributed by atoms with van der Waals surface area (Å²) in [4.78, 5) is 3.72. The molecule has 0 bridgehead atoms. The average molecular weight is 299 g/mol. The van der Waals surface area contributed by atoms with Crippen molar-refractivity contribution in [3.05, 3.63) is 53.9 Å². The molecule has 0 aliphatic carbocycles. The van der Waals surface area contributed by atoms with Crippen LogP contribution < -0.4 is 10.5 Å². The van der Waals surface area contributed by atoms with Crippen molar-refractivity contribution in [2.45, 2.75) is 11.4 Å². The van der Waals surface area contributed by atoms with Crippen LogP contribution in [0.5, 0.6) is 0 Å². The molecule has 3 N–H and O–H groups in total. The molecule has 106 valence electrons. The van der Waals surface area contributed by atoms with E-state index in [-0.39, 0.29) is 22.8 Å². The van der Waals surface area contributed by atoms with Crippen LogP contribution in [0.4, 0.5) is 14.5 Å². The molecule has 0 saturated heterocycles. The highest BCUT2D eigenvalue weighted by molar-refractivity contribution is 7.92. The number of sulfonamides is 1. The Morgan fingerprint density at radius 3 is 2.45 bits per heavy atom. The fourth-order valence-electron chi connectivity index (χ4n) is 1.64. The number of rotatable bonds is 4. The molecule has 0 fully saturated rings. The predicted octanol–water partition coefficient (Wildman–Crippen LogP) is 1.62. The van der Waals surface area contributed by atoms with E-state index in [0.29, 0.717) is 6.07 Å². The Hall–Kier alpha value is -2.06. The molecule has 20 heavy (non-hydrogen) atoms. The minimum absolute atomic E-state index is 0.0748. The Bertz CT molecular complexity index is 715. The Morgan fingerprint density at radius 2 is 1.85 bits per heavy atom. The molecule has 0 aliphatic heterocycles. The SMILES string of the molecule is NCc1ncccc1S(=O)(=O)Nc1cc(F)cc(F)c1. The zero-order chi connectivity index (χ0) is 14.8. The van der Waals surface area contributed by atoms with E-state index in [1.165, 1.54) is 18.3 Å². The number of benzene rings is 1. The molecule has 0 aliphatic rings. The lowest BCUT2D eigenvalue weighted by Crippen LogP contribution is -2.17. The second kappa shape index (κ2) is 5.51. The summed E-state index contributed by atoms with van der Waals surface area (Å²) >= 11 is 0. The molecule has 1 aromatic carbocycles. The number of nitrogens with one attached hydrogen (secondary N) is 1. The number of halogens is 2. The van der Waals surface area contributed by atoms with Crippen molar-refractivity contribution in [1.29, 1.82) is 0 Å². The highest BCUT2D eigenvalue weighted by atomic mass is 32.2.